The van der Waals surface area contributed by atoms with Gasteiger partial charge in [-0.1, -0.05) is 0 Å². The van der Waals surface area contributed by atoms with Crippen LogP contribution in [-0.2, 0) is 19.2 Å². The van der Waals surface area contributed by atoms with Gasteiger partial charge in [0.25, 0.3) is 0 Å². The Labute approximate surface area is 129 Å². The third kappa shape index (κ3) is 3.36. The number of fused-ring (bicyclic) bond motifs is 1. The van der Waals surface area contributed by atoms with Crippen molar-refractivity contribution in [2.24, 2.45) is 0 Å². The smallest absolute Gasteiger partial charge is 1.00 e. The van der Waals surface area contributed by atoms with Crippen molar-refractivity contribution >= 4 is 14.0 Å². The Morgan fingerprint density at radius 1 is 1.15 bits per heavy atom. The zero-order chi connectivity index (χ0) is 12.5. The summed E-state index contributed by atoms with van der Waals surface area (Å²) >= 11 is -0.0489. The molecule has 1 aromatic carbocycles. The molecule has 3 rings (SSSR count). The molecule has 0 N–H and O–H groups in total. The molecular weight excluding hydrogens is 309 g/mol. The summed E-state index contributed by atoms with van der Waals surface area (Å²) in [5.74, 6) is 0. The fourth-order valence-electron chi connectivity index (χ4n) is 2.59. The van der Waals surface area contributed by atoms with Crippen LogP contribution in [0, 0.1) is 0 Å². The van der Waals surface area contributed by atoms with Crippen molar-refractivity contribution in [1.82, 2.24) is 0 Å². The molecule has 1 aromatic rings. The van der Waals surface area contributed by atoms with Crippen LogP contribution >= 0.6 is 7.92 Å². The second kappa shape index (κ2) is 7.45. The van der Waals surface area contributed by atoms with Gasteiger partial charge in [-0.2, -0.15) is 0 Å². The topological polar surface area (TPSA) is 0 Å². The van der Waals surface area contributed by atoms with Crippen molar-refractivity contribution < 1.29 is 28.6 Å². The van der Waals surface area contributed by atoms with E-state index in [0.717, 1.165) is 4.22 Å². The average Bonchev–Trinajstić information content (AvgIpc) is 2.98. The number of benzene rings is 1. The molecule has 0 heterocycles. The van der Waals surface area contributed by atoms with Gasteiger partial charge in [-0.15, -0.1) is 0 Å². The molecule has 0 amide bonds. The zero-order valence-electron chi connectivity index (χ0n) is 11.6. The summed E-state index contributed by atoms with van der Waals surface area (Å²) in [6.45, 7) is 4.79. The molecular formula is C16H17F2PTi. The van der Waals surface area contributed by atoms with E-state index in [4.69, 9.17) is 0 Å². The summed E-state index contributed by atoms with van der Waals surface area (Å²) in [7, 11) is 0.0373. The summed E-state index contributed by atoms with van der Waals surface area (Å²) in [6.07, 6.45) is 10.6. The Hall–Kier alpha value is -0.556. The third-order valence-corrected chi connectivity index (χ3v) is 7.90. The van der Waals surface area contributed by atoms with E-state index in [1.165, 1.54) is 12.0 Å². The van der Waals surface area contributed by atoms with Crippen molar-refractivity contribution in [3.8, 4) is 0 Å². The largest absolute Gasteiger partial charge is 1.00 e. The SMILES string of the molecule is CP(C)C1=Cc2ccccc2[CH]1[Ti+2][C]1=CC=CC1.[F-].[F-]. The maximum absolute atomic E-state index is 2.47. The minimum Gasteiger partial charge on any atom is -1.00 e. The Kier molecular flexibility index (Phi) is 6.52. The van der Waals surface area contributed by atoms with Crippen LogP contribution in [0.2, 0.25) is 0 Å². The number of rotatable bonds is 3. The van der Waals surface area contributed by atoms with Crippen molar-refractivity contribution in [2.75, 3.05) is 13.3 Å². The molecule has 0 bridgehead atoms. The van der Waals surface area contributed by atoms with Crippen LogP contribution in [0.25, 0.3) is 6.08 Å². The first-order valence-electron chi connectivity index (χ1n) is 6.36. The van der Waals surface area contributed by atoms with Gasteiger partial charge in [0.05, 0.1) is 0 Å². The van der Waals surface area contributed by atoms with Crippen molar-refractivity contribution in [1.29, 1.82) is 0 Å². The molecule has 0 aromatic heterocycles. The number of hydrogen-bond acceptors (Lipinski definition) is 0. The van der Waals surface area contributed by atoms with Gasteiger partial charge in [-0.3, -0.25) is 0 Å². The second-order valence-corrected chi connectivity index (χ2v) is 9.65. The molecule has 0 fully saturated rings. The maximum Gasteiger partial charge on any atom is -1.00 e. The van der Waals surface area contributed by atoms with Gasteiger partial charge in [0, 0.05) is 0 Å². The van der Waals surface area contributed by atoms with Crippen LogP contribution in [-0.4, -0.2) is 13.3 Å². The van der Waals surface area contributed by atoms with Crippen molar-refractivity contribution in [3.63, 3.8) is 0 Å². The second-order valence-electron chi connectivity index (χ2n) is 4.99. The van der Waals surface area contributed by atoms with Crippen LogP contribution in [0.5, 0.6) is 0 Å². The van der Waals surface area contributed by atoms with Crippen LogP contribution in [0.15, 0.2) is 51.7 Å². The van der Waals surface area contributed by atoms with E-state index in [-0.39, 0.29) is 36.5 Å². The van der Waals surface area contributed by atoms with E-state index in [1.807, 2.05) is 0 Å². The fraction of sp³-hybridized carbons (Fsp3) is 0.250. The number of hydrogen-bond donors (Lipinski definition) is 0. The van der Waals surface area contributed by atoms with E-state index < -0.39 is 0 Å². The molecule has 0 saturated carbocycles. The Balaban J connectivity index is 0.000001000. The van der Waals surface area contributed by atoms with Gasteiger partial charge in [0.15, 0.2) is 0 Å². The van der Waals surface area contributed by atoms with E-state index in [0.29, 0.717) is 0 Å². The molecule has 0 spiro atoms. The molecule has 2 aliphatic carbocycles. The first-order chi connectivity index (χ1) is 8.75. The number of halogens is 2. The molecule has 0 nitrogen and oxygen atoms in total. The van der Waals surface area contributed by atoms with Crippen LogP contribution in [0.1, 0.15) is 21.8 Å². The van der Waals surface area contributed by atoms with Gasteiger partial charge < -0.3 is 9.41 Å². The summed E-state index contributed by atoms with van der Waals surface area (Å²) in [4.78, 5) is 0. The van der Waals surface area contributed by atoms with Gasteiger partial charge in [-0.25, -0.2) is 0 Å². The molecule has 2 aliphatic rings. The molecule has 0 aliphatic heterocycles. The summed E-state index contributed by atoms with van der Waals surface area (Å²) in [5, 5.41) is 1.72. The molecule has 0 saturated heterocycles. The van der Waals surface area contributed by atoms with Crippen molar-refractivity contribution in [2.45, 2.75) is 10.6 Å². The predicted molar refractivity (Wildman–Crippen MR) is 77.8 cm³/mol. The van der Waals surface area contributed by atoms with Gasteiger partial charge in [0.1, 0.15) is 0 Å². The van der Waals surface area contributed by atoms with Gasteiger partial charge in [-0.05, 0) is 0 Å². The molecule has 20 heavy (non-hydrogen) atoms. The Bertz CT molecular complexity index is 561. The Morgan fingerprint density at radius 3 is 2.55 bits per heavy atom. The summed E-state index contributed by atoms with van der Waals surface area (Å²) < 4.78 is 2.47. The molecule has 0 radical (unpaired) electrons. The van der Waals surface area contributed by atoms with Crippen molar-refractivity contribution in [3.05, 3.63) is 62.8 Å². The predicted octanol–water partition coefficient (Wildman–Crippen LogP) is -1.24. The molecule has 104 valence electrons. The standard InChI is InChI=1S/C11H12P.C5H5.2FH.Ti/c1-12(2)11-7-9-5-3-4-6-10(9)8-11;1-2-4-5-3-1;;;/h3-8H,1-2H3;1-3H,4H2;2*1H;/q;;;;+2/p-2. The van der Waals surface area contributed by atoms with Crippen LogP contribution < -0.4 is 9.41 Å². The number of allylic oxidation sites excluding steroid dienone is 5. The summed E-state index contributed by atoms with van der Waals surface area (Å²) in [5.41, 5.74) is 3.07. The molecule has 4 heteroatoms. The molecule has 1 unspecified atom stereocenters. The first kappa shape index (κ1) is 17.5. The monoisotopic (exact) mass is 326 g/mol. The minimum absolute atomic E-state index is 0. The first-order valence-corrected chi connectivity index (χ1v) is 10.3. The van der Waals surface area contributed by atoms with Crippen LogP contribution in [0.4, 0.5) is 0 Å². The van der Waals surface area contributed by atoms with Gasteiger partial charge >= 0.3 is 120 Å². The van der Waals surface area contributed by atoms with Gasteiger partial charge in [0.2, 0.25) is 0 Å². The normalized spacial score (nSPS) is 18.6. The summed E-state index contributed by atoms with van der Waals surface area (Å²) in [6, 6.07) is 8.99. The van der Waals surface area contributed by atoms with E-state index in [9.17, 15) is 0 Å². The zero-order valence-corrected chi connectivity index (χ0v) is 14.1. The average molecular weight is 326 g/mol. The van der Waals surface area contributed by atoms with E-state index >= 15 is 0 Å². The maximum atomic E-state index is 2.47. The van der Waals surface area contributed by atoms with E-state index in [2.05, 4.69) is 61.9 Å². The quantitative estimate of drug-likeness (QED) is 0.482. The Morgan fingerprint density at radius 2 is 1.90 bits per heavy atom. The fourth-order valence-corrected chi connectivity index (χ4v) is 7.38. The third-order valence-electron chi connectivity index (χ3n) is 3.52. The van der Waals surface area contributed by atoms with E-state index in [1.54, 1.807) is 14.8 Å². The van der Waals surface area contributed by atoms with Crippen LogP contribution in [0.3, 0.4) is 0 Å². The molecule has 1 atom stereocenters. The minimum atomic E-state index is -0.0489.